The fraction of sp³-hybridized carbons (Fsp3) is 0.400. The molecule has 0 unspecified atom stereocenters. The molecule has 196 valence electrons. The second-order valence-electron chi connectivity index (χ2n) is 8.30. The van der Waals surface area contributed by atoms with E-state index in [0.29, 0.717) is 56.1 Å². The van der Waals surface area contributed by atoms with E-state index in [1.807, 2.05) is 65.8 Å². The number of aromatic hydroxyl groups is 1. The molecule has 0 atom stereocenters. The highest BCUT2D eigenvalue weighted by molar-refractivity contribution is 5.97. The van der Waals surface area contributed by atoms with Crippen molar-refractivity contribution in [2.24, 2.45) is 0 Å². The molecule has 2 aromatic rings. The molecule has 1 N–H and O–H groups in total. The van der Waals surface area contributed by atoms with Crippen LogP contribution in [-0.4, -0.2) is 59.5 Å². The molecule has 0 aliphatic carbocycles. The number of nitrogens with zero attached hydrogens (tertiary/aromatic N) is 2. The van der Waals surface area contributed by atoms with Gasteiger partial charge in [-0.2, -0.15) is 0 Å². The summed E-state index contributed by atoms with van der Waals surface area (Å²) < 4.78 is 5.56. The summed E-state index contributed by atoms with van der Waals surface area (Å²) in [5.74, 6) is 0.612. The van der Waals surface area contributed by atoms with Gasteiger partial charge in [0.2, 0.25) is 0 Å². The van der Waals surface area contributed by atoms with Crippen molar-refractivity contribution in [1.82, 2.24) is 9.80 Å². The second-order valence-corrected chi connectivity index (χ2v) is 8.30. The van der Waals surface area contributed by atoms with E-state index in [0.717, 1.165) is 16.7 Å². The molecule has 2 amide bonds. The summed E-state index contributed by atoms with van der Waals surface area (Å²) in [5.41, 5.74) is 3.82. The highest BCUT2D eigenvalue weighted by atomic mass is 16.5. The normalized spacial score (nSPS) is 10.1. The standard InChI is InChI=1S/2C15H21NO2/c1-5-10-18-14-11-12(4)8-9-13(14)15(17)16(6-2)7-3;1-5-8-12-11(4)9-10-13(14(12)17)15(18)16(6-2)7-3/h5,8-9,11H,1,6-7,10H2,2-4H3;5,9-10,17H,1,6-8H2,2-4H3. The van der Waals surface area contributed by atoms with Gasteiger partial charge < -0.3 is 19.6 Å². The van der Waals surface area contributed by atoms with E-state index in [4.69, 9.17) is 4.74 Å². The SMILES string of the molecule is C=CCOc1cc(C)ccc1C(=O)N(CC)CC.C=CCc1c(C)ccc(C(=O)N(CC)CC)c1O. The number of benzene rings is 2. The van der Waals surface area contributed by atoms with Gasteiger partial charge in [-0.1, -0.05) is 30.9 Å². The Kier molecular flexibility index (Phi) is 13.1. The van der Waals surface area contributed by atoms with Crippen molar-refractivity contribution in [3.05, 3.63) is 83.5 Å². The highest BCUT2D eigenvalue weighted by Gasteiger charge is 2.19. The maximum Gasteiger partial charge on any atom is 0.257 e. The van der Waals surface area contributed by atoms with Gasteiger partial charge in [-0.05, 0) is 77.3 Å². The zero-order valence-corrected chi connectivity index (χ0v) is 22.8. The number of aryl methyl sites for hydroxylation is 2. The van der Waals surface area contributed by atoms with Gasteiger partial charge in [0.15, 0.2) is 0 Å². The molecule has 0 saturated heterocycles. The topological polar surface area (TPSA) is 70.1 Å². The zero-order valence-electron chi connectivity index (χ0n) is 22.8. The lowest BCUT2D eigenvalue weighted by molar-refractivity contribution is 0.0761. The summed E-state index contributed by atoms with van der Waals surface area (Å²) in [6.45, 7) is 22.1. The van der Waals surface area contributed by atoms with E-state index in [-0.39, 0.29) is 17.6 Å². The van der Waals surface area contributed by atoms with E-state index in [9.17, 15) is 14.7 Å². The van der Waals surface area contributed by atoms with Gasteiger partial charge in [0, 0.05) is 31.7 Å². The Labute approximate surface area is 216 Å². The van der Waals surface area contributed by atoms with Crippen molar-refractivity contribution in [3.63, 3.8) is 0 Å². The van der Waals surface area contributed by atoms with Crippen molar-refractivity contribution in [1.29, 1.82) is 0 Å². The number of phenolic OH excluding ortho intramolecular Hbond substituents is 1. The van der Waals surface area contributed by atoms with Gasteiger partial charge in [0.1, 0.15) is 18.1 Å². The molecular formula is C30H42N2O4. The first-order valence-electron chi connectivity index (χ1n) is 12.6. The van der Waals surface area contributed by atoms with E-state index in [1.54, 1.807) is 28.0 Å². The lowest BCUT2D eigenvalue weighted by Gasteiger charge is -2.20. The first kappa shape index (κ1) is 30.5. The molecule has 36 heavy (non-hydrogen) atoms. The van der Waals surface area contributed by atoms with Crippen LogP contribution in [0.4, 0.5) is 0 Å². The van der Waals surface area contributed by atoms with Gasteiger partial charge in [-0.3, -0.25) is 9.59 Å². The fourth-order valence-electron chi connectivity index (χ4n) is 3.75. The quantitative estimate of drug-likeness (QED) is 0.392. The third-order valence-electron chi connectivity index (χ3n) is 5.92. The summed E-state index contributed by atoms with van der Waals surface area (Å²) in [6, 6.07) is 9.21. The Hall–Kier alpha value is -3.54. The van der Waals surface area contributed by atoms with Crippen LogP contribution in [0.5, 0.6) is 11.5 Å². The summed E-state index contributed by atoms with van der Waals surface area (Å²) in [4.78, 5) is 28.0. The Morgan fingerprint density at radius 2 is 1.39 bits per heavy atom. The largest absolute Gasteiger partial charge is 0.507 e. The van der Waals surface area contributed by atoms with Crippen LogP contribution in [0.3, 0.4) is 0 Å². The molecule has 0 fully saturated rings. The van der Waals surface area contributed by atoms with Gasteiger partial charge in [0.05, 0.1) is 11.1 Å². The maximum absolute atomic E-state index is 12.3. The Morgan fingerprint density at radius 3 is 1.89 bits per heavy atom. The van der Waals surface area contributed by atoms with E-state index in [2.05, 4.69) is 13.2 Å². The molecule has 2 aromatic carbocycles. The van der Waals surface area contributed by atoms with Crippen LogP contribution in [-0.2, 0) is 6.42 Å². The molecule has 0 aliphatic rings. The van der Waals surface area contributed by atoms with Crippen molar-refractivity contribution in [2.75, 3.05) is 32.8 Å². The number of carbonyl (C=O) groups is 2. The number of carbonyl (C=O) groups excluding carboxylic acids is 2. The summed E-state index contributed by atoms with van der Waals surface area (Å²) in [7, 11) is 0. The smallest absolute Gasteiger partial charge is 0.257 e. The number of hydrogen-bond acceptors (Lipinski definition) is 4. The van der Waals surface area contributed by atoms with Crippen LogP contribution in [0, 0.1) is 13.8 Å². The van der Waals surface area contributed by atoms with Crippen molar-refractivity contribution < 1.29 is 19.4 Å². The number of amides is 2. The highest BCUT2D eigenvalue weighted by Crippen LogP contribution is 2.28. The van der Waals surface area contributed by atoms with Gasteiger partial charge in [-0.15, -0.1) is 6.58 Å². The molecule has 6 nitrogen and oxygen atoms in total. The maximum atomic E-state index is 12.3. The van der Waals surface area contributed by atoms with Crippen molar-refractivity contribution >= 4 is 11.8 Å². The summed E-state index contributed by atoms with van der Waals surface area (Å²) >= 11 is 0. The van der Waals surface area contributed by atoms with Crippen molar-refractivity contribution in [2.45, 2.75) is 48.0 Å². The molecule has 0 aliphatic heterocycles. The Bertz CT molecular complexity index is 1040. The third-order valence-corrected chi connectivity index (χ3v) is 5.92. The average Bonchev–Trinajstić information content (AvgIpc) is 2.87. The molecule has 0 radical (unpaired) electrons. The predicted molar refractivity (Wildman–Crippen MR) is 148 cm³/mol. The third kappa shape index (κ3) is 8.01. The number of hydrogen-bond donors (Lipinski definition) is 1. The van der Waals surface area contributed by atoms with Gasteiger partial charge >= 0.3 is 0 Å². The van der Waals surface area contributed by atoms with E-state index < -0.39 is 0 Å². The number of allylic oxidation sites excluding steroid dienone is 1. The monoisotopic (exact) mass is 494 g/mol. The molecule has 0 saturated carbocycles. The fourth-order valence-corrected chi connectivity index (χ4v) is 3.75. The Morgan fingerprint density at radius 1 is 0.861 bits per heavy atom. The molecular weight excluding hydrogens is 452 g/mol. The van der Waals surface area contributed by atoms with Crippen LogP contribution in [0.2, 0.25) is 0 Å². The molecule has 0 heterocycles. The summed E-state index contributed by atoms with van der Waals surface area (Å²) in [5, 5.41) is 10.2. The second kappa shape index (κ2) is 15.5. The number of phenols is 1. The van der Waals surface area contributed by atoms with Crippen LogP contribution in [0.25, 0.3) is 0 Å². The lowest BCUT2D eigenvalue weighted by Crippen LogP contribution is -2.30. The average molecular weight is 495 g/mol. The minimum Gasteiger partial charge on any atom is -0.507 e. The molecule has 6 heteroatoms. The van der Waals surface area contributed by atoms with Crippen molar-refractivity contribution in [3.8, 4) is 11.5 Å². The lowest BCUT2D eigenvalue weighted by atomic mass is 9.99. The molecule has 0 bridgehead atoms. The Balaban J connectivity index is 0.000000360. The van der Waals surface area contributed by atoms with E-state index in [1.165, 1.54) is 0 Å². The number of ether oxygens (including phenoxy) is 1. The minimum atomic E-state index is -0.122. The van der Waals surface area contributed by atoms with Crippen LogP contribution < -0.4 is 4.74 Å². The van der Waals surface area contributed by atoms with Crippen LogP contribution in [0.15, 0.2) is 55.6 Å². The summed E-state index contributed by atoms with van der Waals surface area (Å²) in [6.07, 6.45) is 3.97. The van der Waals surface area contributed by atoms with Crippen LogP contribution >= 0.6 is 0 Å². The predicted octanol–water partition coefficient (Wildman–Crippen LogP) is 5.95. The molecule has 0 aromatic heterocycles. The minimum absolute atomic E-state index is 0.0130. The van der Waals surface area contributed by atoms with Crippen LogP contribution in [0.1, 0.15) is 65.1 Å². The molecule has 0 spiro atoms. The van der Waals surface area contributed by atoms with Gasteiger partial charge in [-0.25, -0.2) is 0 Å². The number of rotatable bonds is 11. The van der Waals surface area contributed by atoms with Gasteiger partial charge in [0.25, 0.3) is 11.8 Å². The first-order chi connectivity index (χ1) is 17.2. The zero-order chi connectivity index (χ0) is 27.3. The van der Waals surface area contributed by atoms with E-state index >= 15 is 0 Å². The first-order valence-corrected chi connectivity index (χ1v) is 12.6. The molecule has 2 rings (SSSR count).